The van der Waals surface area contributed by atoms with Crippen LogP contribution in [0, 0.1) is 6.92 Å². The molecule has 0 aliphatic carbocycles. The number of phenols is 1. The molecule has 0 unspecified atom stereocenters. The summed E-state index contributed by atoms with van der Waals surface area (Å²) >= 11 is 0. The quantitative estimate of drug-likeness (QED) is 0.498. The number of carboxylic acid groups (broad SMARTS) is 1. The minimum atomic E-state index is -0.985. The van der Waals surface area contributed by atoms with Crippen LogP contribution in [-0.2, 0) is 31.7 Å². The molecule has 8 nitrogen and oxygen atoms in total. The number of carbonyl (C=O) groups is 2. The molecule has 0 fully saturated rings. The van der Waals surface area contributed by atoms with Crippen LogP contribution in [0.5, 0.6) is 5.75 Å². The monoisotopic (exact) mass is 385 g/mol. The predicted octanol–water partition coefficient (Wildman–Crippen LogP) is 2.03. The Morgan fingerprint density at radius 3 is 2.52 bits per heavy atom. The first-order valence-electron chi connectivity index (χ1n) is 7.38. The van der Waals surface area contributed by atoms with Crippen molar-refractivity contribution in [2.45, 2.75) is 24.9 Å². The lowest BCUT2D eigenvalue weighted by molar-refractivity contribution is -0.138. The Bertz CT molecular complexity index is 632. The van der Waals surface area contributed by atoms with Crippen molar-refractivity contribution >= 4 is 28.8 Å². The van der Waals surface area contributed by atoms with Gasteiger partial charge in [-0.25, -0.2) is 0 Å². The average molecular weight is 385 g/mol. The van der Waals surface area contributed by atoms with E-state index in [2.05, 4.69) is 12.2 Å². The number of amides is 1. The molecule has 1 rings (SSSR count). The summed E-state index contributed by atoms with van der Waals surface area (Å²) in [5, 5.41) is 21.1. The number of phenolic OH excluding ortho intramolecular Hbond substituents is 1. The number of aryl methyl sites for hydroxylation is 1. The summed E-state index contributed by atoms with van der Waals surface area (Å²) in [7, 11) is -0.857. The molecular weight excluding hydrogens is 366 g/mol. The van der Waals surface area contributed by atoms with Crippen LogP contribution in [0.15, 0.2) is 18.2 Å². The molecule has 10 heteroatoms. The van der Waals surface area contributed by atoms with Crippen molar-refractivity contribution in [1.29, 1.82) is 0 Å². The Hall–Kier alpha value is -1.88. The number of carbonyl (C=O) groups excluding carboxylic acids is 1. The van der Waals surface area contributed by atoms with E-state index in [-0.39, 0.29) is 31.8 Å². The summed E-state index contributed by atoms with van der Waals surface area (Å²) in [6, 6.07) is 4.84. The number of hydrogen-bond donors (Lipinski definition) is 3. The van der Waals surface area contributed by atoms with Gasteiger partial charge in [0.25, 0.3) is 0 Å². The summed E-state index contributed by atoms with van der Waals surface area (Å²) in [5.74, 6) is -1.34. The van der Waals surface area contributed by atoms with E-state index in [0.717, 1.165) is 5.56 Å². The first-order valence-corrected chi connectivity index (χ1v) is 9.14. The molecule has 0 aromatic heterocycles. The van der Waals surface area contributed by atoms with Gasteiger partial charge in [0.1, 0.15) is 5.75 Å². The minimum absolute atomic E-state index is 0.0346. The Morgan fingerprint density at radius 1 is 1.28 bits per heavy atom. The van der Waals surface area contributed by atoms with E-state index < -0.39 is 34.3 Å². The Balaban J connectivity index is 2.70. The molecule has 1 amide bonds. The zero-order valence-corrected chi connectivity index (χ0v) is 15.2. The molecule has 3 N–H and O–H groups in total. The number of aromatic hydroxyl groups is 1. The second kappa shape index (κ2) is 10.9. The second-order valence-electron chi connectivity index (χ2n) is 5.22. The maximum atomic E-state index is 11.7. The number of carboxylic acids is 1. The predicted molar refractivity (Wildman–Crippen MR) is 91.8 cm³/mol. The van der Waals surface area contributed by atoms with Gasteiger partial charge in [0.2, 0.25) is 5.91 Å². The van der Waals surface area contributed by atoms with Crippen molar-refractivity contribution in [3.8, 4) is 5.75 Å². The third-order valence-corrected chi connectivity index (χ3v) is 4.57. The van der Waals surface area contributed by atoms with Crippen molar-refractivity contribution in [3.05, 3.63) is 36.2 Å². The van der Waals surface area contributed by atoms with Crippen LogP contribution in [0.3, 0.4) is 0 Å². The SMILES string of the molecule is [CH2]CN(CC(=O)O)Cc1cc(CCC(=O)NC(P=O)P=O)ccc1O. The van der Waals surface area contributed by atoms with Gasteiger partial charge < -0.3 is 15.5 Å². The largest absolute Gasteiger partial charge is 0.508 e. The van der Waals surface area contributed by atoms with Crippen LogP contribution in [0.2, 0.25) is 0 Å². The molecular formula is C15H19N2O6P2. The highest BCUT2D eigenvalue weighted by Gasteiger charge is 2.14. The van der Waals surface area contributed by atoms with E-state index in [9.17, 15) is 23.8 Å². The minimum Gasteiger partial charge on any atom is -0.508 e. The normalized spacial score (nSPS) is 12.4. The molecule has 0 saturated heterocycles. The first kappa shape index (κ1) is 21.2. The van der Waals surface area contributed by atoms with Crippen molar-refractivity contribution in [2.24, 2.45) is 0 Å². The molecule has 0 heterocycles. The number of rotatable bonds is 11. The summed E-state index contributed by atoms with van der Waals surface area (Å²) in [4.78, 5) is 24.1. The summed E-state index contributed by atoms with van der Waals surface area (Å²) in [6.07, 6.45) is 0.459. The maximum absolute atomic E-state index is 11.7. The third kappa shape index (κ3) is 7.69. The van der Waals surface area contributed by atoms with E-state index in [1.165, 1.54) is 6.07 Å². The molecule has 0 atom stereocenters. The Kier molecular flexibility index (Phi) is 9.21. The fourth-order valence-electron chi connectivity index (χ4n) is 2.11. The van der Waals surface area contributed by atoms with Crippen LogP contribution in [0.4, 0.5) is 0 Å². The van der Waals surface area contributed by atoms with Crippen LogP contribution >= 0.6 is 16.9 Å². The van der Waals surface area contributed by atoms with Gasteiger partial charge >= 0.3 is 5.97 Å². The number of nitrogens with one attached hydrogen (secondary N) is 1. The van der Waals surface area contributed by atoms with E-state index in [1.54, 1.807) is 17.0 Å². The highest BCUT2D eigenvalue weighted by atomic mass is 31.1. The van der Waals surface area contributed by atoms with Crippen molar-refractivity contribution in [1.82, 2.24) is 10.2 Å². The lowest BCUT2D eigenvalue weighted by Crippen LogP contribution is -2.29. The second-order valence-corrected chi connectivity index (χ2v) is 7.08. The van der Waals surface area contributed by atoms with Crippen molar-refractivity contribution in [3.63, 3.8) is 0 Å². The summed E-state index contributed by atoms with van der Waals surface area (Å²) in [5.41, 5.74) is 0.361. The number of benzene rings is 1. The van der Waals surface area contributed by atoms with Gasteiger partial charge in [0, 0.05) is 18.5 Å². The van der Waals surface area contributed by atoms with E-state index in [4.69, 9.17) is 5.11 Å². The molecule has 0 bridgehead atoms. The summed E-state index contributed by atoms with van der Waals surface area (Å²) in [6.45, 7) is 3.95. The molecule has 0 spiro atoms. The van der Waals surface area contributed by atoms with Gasteiger partial charge in [-0.1, -0.05) is 12.1 Å². The van der Waals surface area contributed by atoms with Gasteiger partial charge in [-0.3, -0.25) is 23.6 Å². The standard InChI is InChI=1S/C15H19N2O6P2/c1-2-17(9-14(20)21)8-11-7-10(3-5-12(11)18)4-6-13(19)16-15(24-22)25-23/h3,5,7,15,18H,1-2,4,6,8-9H2,(H,16,19)(H,20,21). The molecule has 25 heavy (non-hydrogen) atoms. The third-order valence-electron chi connectivity index (χ3n) is 3.34. The van der Waals surface area contributed by atoms with E-state index in [0.29, 0.717) is 12.0 Å². The summed E-state index contributed by atoms with van der Waals surface area (Å²) < 4.78 is 21.3. The molecule has 0 saturated carbocycles. The van der Waals surface area contributed by atoms with Gasteiger partial charge in [-0.15, -0.1) is 0 Å². The van der Waals surface area contributed by atoms with Crippen LogP contribution < -0.4 is 5.32 Å². The van der Waals surface area contributed by atoms with Crippen LogP contribution in [-0.4, -0.2) is 45.6 Å². The smallest absolute Gasteiger partial charge is 0.317 e. The molecule has 1 aromatic rings. The topological polar surface area (TPSA) is 124 Å². The Morgan fingerprint density at radius 2 is 1.96 bits per heavy atom. The van der Waals surface area contributed by atoms with E-state index in [1.807, 2.05) is 0 Å². The van der Waals surface area contributed by atoms with Crippen molar-refractivity contribution < 1.29 is 28.9 Å². The zero-order valence-electron chi connectivity index (χ0n) is 13.4. The highest BCUT2D eigenvalue weighted by molar-refractivity contribution is 7.44. The first-order chi connectivity index (χ1) is 11.9. The molecule has 0 aliphatic rings. The maximum Gasteiger partial charge on any atom is 0.317 e. The molecule has 0 aliphatic heterocycles. The van der Waals surface area contributed by atoms with Gasteiger partial charge in [-0.05, 0) is 31.5 Å². The lowest BCUT2D eigenvalue weighted by Gasteiger charge is -2.19. The molecule has 135 valence electrons. The molecule has 1 aromatic carbocycles. The van der Waals surface area contributed by atoms with Crippen LogP contribution in [0.1, 0.15) is 17.5 Å². The number of nitrogens with zero attached hydrogens (tertiary/aromatic N) is 1. The van der Waals surface area contributed by atoms with Gasteiger partial charge in [0.05, 0.1) is 6.54 Å². The lowest BCUT2D eigenvalue weighted by atomic mass is 10.0. The van der Waals surface area contributed by atoms with Crippen molar-refractivity contribution in [2.75, 3.05) is 13.1 Å². The highest BCUT2D eigenvalue weighted by Crippen LogP contribution is 2.21. The van der Waals surface area contributed by atoms with Gasteiger partial charge in [-0.2, -0.15) is 0 Å². The average Bonchev–Trinajstić information content (AvgIpc) is 2.59. The molecule has 1 radical (unpaired) electrons. The van der Waals surface area contributed by atoms with E-state index >= 15 is 0 Å². The fourth-order valence-corrected chi connectivity index (χ4v) is 2.66. The van der Waals surface area contributed by atoms with Crippen LogP contribution in [0.25, 0.3) is 0 Å². The zero-order chi connectivity index (χ0) is 18.8. The number of aliphatic carboxylic acids is 1. The van der Waals surface area contributed by atoms with Gasteiger partial charge in [0.15, 0.2) is 22.4 Å². The Labute approximate surface area is 148 Å². The fraction of sp³-hybridized carbons (Fsp3) is 0.400. The number of hydrogen-bond acceptors (Lipinski definition) is 6.